The molecule has 0 radical (unpaired) electrons. The molecule has 3 heteroatoms. The number of hydrogen-bond acceptors (Lipinski definition) is 2. The molecule has 0 heterocycles. The Kier molecular flexibility index (Phi) is 8.72. The van der Waals surface area contributed by atoms with Crippen LogP contribution in [-0.4, -0.2) is 16.9 Å². The van der Waals surface area contributed by atoms with Crippen LogP contribution in [0, 0.1) is 11.8 Å². The Morgan fingerprint density at radius 2 is 1.90 bits per heavy atom. The molecule has 1 rings (SSSR count). The molecule has 0 aromatic rings. The molecule has 118 valence electrons. The molecule has 21 heavy (non-hydrogen) atoms. The van der Waals surface area contributed by atoms with E-state index in [0.29, 0.717) is 5.92 Å². The predicted molar refractivity (Wildman–Crippen MR) is 85.1 cm³/mol. The van der Waals surface area contributed by atoms with E-state index in [4.69, 9.17) is 5.11 Å². The van der Waals surface area contributed by atoms with Gasteiger partial charge in [0.1, 0.15) is 0 Å². The maximum absolute atomic E-state index is 11.8. The molecular weight excluding hydrogens is 264 g/mol. The topological polar surface area (TPSA) is 54.4 Å². The first-order chi connectivity index (χ1) is 10.1. The van der Waals surface area contributed by atoms with Gasteiger partial charge >= 0.3 is 5.97 Å². The quantitative estimate of drug-likeness (QED) is 0.449. The molecular formula is C18H28O3. The summed E-state index contributed by atoms with van der Waals surface area (Å²) in [5, 5.41) is 8.56. The molecule has 0 spiro atoms. The third-order valence-electron chi connectivity index (χ3n) is 4.11. The van der Waals surface area contributed by atoms with Gasteiger partial charge in [0.2, 0.25) is 0 Å². The highest BCUT2D eigenvalue weighted by molar-refractivity contribution is 5.94. The first-order valence-corrected chi connectivity index (χ1v) is 8.24. The largest absolute Gasteiger partial charge is 0.481 e. The zero-order valence-corrected chi connectivity index (χ0v) is 13.1. The van der Waals surface area contributed by atoms with Crippen LogP contribution in [0.25, 0.3) is 0 Å². The van der Waals surface area contributed by atoms with E-state index in [-0.39, 0.29) is 18.1 Å². The van der Waals surface area contributed by atoms with Gasteiger partial charge in [0.15, 0.2) is 5.78 Å². The summed E-state index contributed by atoms with van der Waals surface area (Å²) in [6.45, 7) is 2.10. The number of carboxylic acid groups (broad SMARTS) is 1. The van der Waals surface area contributed by atoms with E-state index in [9.17, 15) is 9.59 Å². The highest BCUT2D eigenvalue weighted by Gasteiger charge is 2.28. The molecule has 0 aliphatic heterocycles. The molecule has 2 atom stereocenters. The van der Waals surface area contributed by atoms with Crippen molar-refractivity contribution in [3.05, 3.63) is 24.3 Å². The van der Waals surface area contributed by atoms with Gasteiger partial charge in [-0.2, -0.15) is 0 Å². The van der Waals surface area contributed by atoms with E-state index in [0.717, 1.165) is 51.4 Å². The van der Waals surface area contributed by atoms with Gasteiger partial charge < -0.3 is 5.11 Å². The third kappa shape index (κ3) is 7.26. The van der Waals surface area contributed by atoms with Crippen LogP contribution < -0.4 is 0 Å². The van der Waals surface area contributed by atoms with Crippen LogP contribution in [0.5, 0.6) is 0 Å². The summed E-state index contributed by atoms with van der Waals surface area (Å²) in [5.41, 5.74) is 0. The smallest absolute Gasteiger partial charge is 0.303 e. The van der Waals surface area contributed by atoms with Crippen molar-refractivity contribution in [2.24, 2.45) is 11.8 Å². The molecule has 1 N–H and O–H groups in total. The maximum Gasteiger partial charge on any atom is 0.303 e. The fraction of sp³-hybridized carbons (Fsp3) is 0.667. The monoisotopic (exact) mass is 292 g/mol. The number of carbonyl (C=O) groups excluding carboxylic acids is 1. The molecule has 0 saturated carbocycles. The Labute approximate surface area is 128 Å². The van der Waals surface area contributed by atoms with Crippen LogP contribution in [0.15, 0.2) is 24.3 Å². The molecule has 0 bridgehead atoms. The Balaban J connectivity index is 2.15. The van der Waals surface area contributed by atoms with Crippen molar-refractivity contribution in [3.63, 3.8) is 0 Å². The summed E-state index contributed by atoms with van der Waals surface area (Å²) in [5.74, 6) is 0.132. The number of ketones is 1. The van der Waals surface area contributed by atoms with Crippen LogP contribution in [0.2, 0.25) is 0 Å². The third-order valence-corrected chi connectivity index (χ3v) is 4.11. The number of unbranched alkanes of at least 4 members (excludes halogenated alkanes) is 4. The van der Waals surface area contributed by atoms with Gasteiger partial charge in [-0.3, -0.25) is 9.59 Å². The Bertz CT molecular complexity index is 382. The Hall–Kier alpha value is -1.38. The van der Waals surface area contributed by atoms with Crippen molar-refractivity contribution < 1.29 is 14.7 Å². The highest BCUT2D eigenvalue weighted by atomic mass is 16.4. The van der Waals surface area contributed by atoms with E-state index in [1.165, 1.54) is 0 Å². The van der Waals surface area contributed by atoms with E-state index < -0.39 is 5.97 Å². The van der Waals surface area contributed by atoms with Gasteiger partial charge in [0.05, 0.1) is 0 Å². The van der Waals surface area contributed by atoms with Crippen molar-refractivity contribution in [2.75, 3.05) is 0 Å². The van der Waals surface area contributed by atoms with Crippen LogP contribution in [0.3, 0.4) is 0 Å². The first kappa shape index (κ1) is 17.7. The minimum Gasteiger partial charge on any atom is -0.481 e. The predicted octanol–water partition coefficient (Wildman–Crippen LogP) is 4.53. The minimum absolute atomic E-state index is 0.153. The average Bonchev–Trinajstić information content (AvgIpc) is 2.79. The van der Waals surface area contributed by atoms with Crippen molar-refractivity contribution in [1.29, 1.82) is 0 Å². The highest BCUT2D eigenvalue weighted by Crippen LogP contribution is 2.30. The van der Waals surface area contributed by atoms with Gasteiger partial charge in [-0.15, -0.1) is 0 Å². The molecule has 1 aliphatic carbocycles. The molecule has 0 aromatic carbocycles. The zero-order valence-electron chi connectivity index (χ0n) is 13.1. The second-order valence-corrected chi connectivity index (χ2v) is 5.85. The molecule has 0 saturated heterocycles. The van der Waals surface area contributed by atoms with Gasteiger partial charge in [0.25, 0.3) is 0 Å². The molecule has 0 fully saturated rings. The maximum atomic E-state index is 11.8. The lowest BCUT2D eigenvalue weighted by Gasteiger charge is -2.16. The Morgan fingerprint density at radius 3 is 2.62 bits per heavy atom. The first-order valence-electron chi connectivity index (χ1n) is 8.24. The van der Waals surface area contributed by atoms with Crippen molar-refractivity contribution in [3.8, 4) is 0 Å². The van der Waals surface area contributed by atoms with Crippen LogP contribution in [0.1, 0.15) is 64.7 Å². The fourth-order valence-electron chi connectivity index (χ4n) is 2.87. The molecule has 1 aliphatic rings. The lowest BCUT2D eigenvalue weighted by atomic mass is 9.87. The molecule has 3 nitrogen and oxygen atoms in total. The van der Waals surface area contributed by atoms with Gasteiger partial charge in [-0.1, -0.05) is 50.8 Å². The summed E-state index contributed by atoms with van der Waals surface area (Å²) in [6.07, 6.45) is 16.5. The number of aliphatic carboxylic acids is 1. The van der Waals surface area contributed by atoms with Gasteiger partial charge in [-0.25, -0.2) is 0 Å². The second-order valence-electron chi connectivity index (χ2n) is 5.85. The van der Waals surface area contributed by atoms with E-state index in [1.807, 2.05) is 0 Å². The molecule has 0 unspecified atom stereocenters. The molecule has 0 aromatic heterocycles. The van der Waals surface area contributed by atoms with Crippen molar-refractivity contribution in [1.82, 2.24) is 0 Å². The summed E-state index contributed by atoms with van der Waals surface area (Å²) in [7, 11) is 0. The van der Waals surface area contributed by atoms with Crippen LogP contribution >= 0.6 is 0 Å². The Morgan fingerprint density at radius 1 is 1.19 bits per heavy atom. The van der Waals surface area contributed by atoms with Gasteiger partial charge in [0, 0.05) is 12.3 Å². The summed E-state index contributed by atoms with van der Waals surface area (Å²) in [4.78, 5) is 22.2. The standard InChI is InChI=1S/C18H28O3/c1-2-3-7-11-16-15(13-14-17(16)19)10-8-5-4-6-9-12-18(20)21/h3,7,13-16H,2,4-6,8-12H2,1H3,(H,20,21)/b7-3+/t15-,16-/m0/s1. The number of rotatable bonds is 11. The zero-order chi connectivity index (χ0) is 15.5. The van der Waals surface area contributed by atoms with Crippen molar-refractivity contribution in [2.45, 2.75) is 64.7 Å². The molecule has 0 amide bonds. The van der Waals surface area contributed by atoms with Crippen molar-refractivity contribution >= 4 is 11.8 Å². The number of hydrogen-bond donors (Lipinski definition) is 1. The van der Waals surface area contributed by atoms with E-state index in [1.54, 1.807) is 6.08 Å². The lowest BCUT2D eigenvalue weighted by molar-refractivity contribution is -0.137. The minimum atomic E-state index is -0.701. The normalized spacial score (nSPS) is 21.5. The van der Waals surface area contributed by atoms with Gasteiger partial charge in [-0.05, 0) is 37.7 Å². The fourth-order valence-corrected chi connectivity index (χ4v) is 2.87. The summed E-state index contributed by atoms with van der Waals surface area (Å²) in [6, 6.07) is 0. The SMILES string of the molecule is CC/C=C/C[C@@H]1C(=O)C=C[C@@H]1CCCCCCCC(=O)O. The number of allylic oxidation sites excluding steroid dienone is 4. The number of carbonyl (C=O) groups is 2. The second kappa shape index (κ2) is 10.4. The summed E-state index contributed by atoms with van der Waals surface area (Å²) >= 11 is 0. The van der Waals surface area contributed by atoms with E-state index in [2.05, 4.69) is 25.2 Å². The number of carboxylic acids is 1. The average molecular weight is 292 g/mol. The van der Waals surface area contributed by atoms with Crippen LogP contribution in [0.4, 0.5) is 0 Å². The van der Waals surface area contributed by atoms with Crippen LogP contribution in [-0.2, 0) is 9.59 Å². The van der Waals surface area contributed by atoms with E-state index >= 15 is 0 Å². The lowest BCUT2D eigenvalue weighted by Crippen LogP contribution is -2.15. The summed E-state index contributed by atoms with van der Waals surface area (Å²) < 4.78 is 0.